The first-order valence-corrected chi connectivity index (χ1v) is 7.00. The average Bonchev–Trinajstić information content (AvgIpc) is 2.55. The van der Waals surface area contributed by atoms with Crippen LogP contribution in [-0.4, -0.2) is 11.9 Å². The van der Waals surface area contributed by atoms with E-state index in [1.54, 1.807) is 42.5 Å². The molecule has 0 saturated carbocycles. The minimum Gasteiger partial charge on any atom is -0.455 e. The van der Waals surface area contributed by atoms with E-state index in [4.69, 9.17) is 15.2 Å². The molecule has 0 unspecified atom stereocenters. The van der Waals surface area contributed by atoms with Gasteiger partial charge in [-0.1, -0.05) is 24.3 Å². The fourth-order valence-corrected chi connectivity index (χ4v) is 2.70. The third-order valence-electron chi connectivity index (χ3n) is 3.76. The Morgan fingerprint density at radius 2 is 1.52 bits per heavy atom. The van der Waals surface area contributed by atoms with Gasteiger partial charge in [-0.3, -0.25) is 0 Å². The van der Waals surface area contributed by atoms with Gasteiger partial charge in [-0.2, -0.15) is 0 Å². The van der Waals surface area contributed by atoms with Gasteiger partial charge in [-0.15, -0.1) is 0 Å². The summed E-state index contributed by atoms with van der Waals surface area (Å²) in [5, 5.41) is 1.20. The molecule has 5 heteroatoms. The number of rotatable bonds is 2. The van der Waals surface area contributed by atoms with E-state index in [2.05, 4.69) is 0 Å². The van der Waals surface area contributed by atoms with Crippen molar-refractivity contribution < 1.29 is 19.1 Å². The molecule has 0 spiro atoms. The topological polar surface area (TPSA) is 78.6 Å². The molecule has 0 bridgehead atoms. The van der Waals surface area contributed by atoms with Gasteiger partial charge in [-0.05, 0) is 30.3 Å². The molecule has 1 heterocycles. The highest BCUT2D eigenvalue weighted by Gasteiger charge is 2.28. The molecule has 1 aliphatic rings. The Kier molecular flexibility index (Phi) is 2.81. The minimum absolute atomic E-state index is 0.351. The van der Waals surface area contributed by atoms with Crippen molar-refractivity contribution in [3.63, 3.8) is 0 Å². The molecule has 2 N–H and O–H groups in total. The fourth-order valence-electron chi connectivity index (χ4n) is 2.70. The predicted molar refractivity (Wildman–Crippen MR) is 84.6 cm³/mol. The Bertz CT molecular complexity index is 958. The summed E-state index contributed by atoms with van der Waals surface area (Å²) in [6.45, 7) is 0. The number of anilines is 1. The smallest absolute Gasteiger partial charge is 0.346 e. The maximum Gasteiger partial charge on any atom is 0.346 e. The Balaban J connectivity index is 1.94. The number of esters is 2. The van der Waals surface area contributed by atoms with Gasteiger partial charge >= 0.3 is 11.9 Å². The first-order valence-electron chi connectivity index (χ1n) is 7.00. The second kappa shape index (κ2) is 4.84. The molecule has 23 heavy (non-hydrogen) atoms. The van der Waals surface area contributed by atoms with Gasteiger partial charge in [-0.25, -0.2) is 9.59 Å². The lowest BCUT2D eigenvalue weighted by Gasteiger charge is -2.17. The molecule has 0 aromatic heterocycles. The van der Waals surface area contributed by atoms with Gasteiger partial charge in [0, 0.05) is 10.8 Å². The van der Waals surface area contributed by atoms with Crippen LogP contribution in [0.5, 0.6) is 11.5 Å². The summed E-state index contributed by atoms with van der Waals surface area (Å²) >= 11 is 0. The zero-order chi connectivity index (χ0) is 16.0. The standard InChI is InChI=1S/C18H11NO4/c19-13-6-1-2-7-15(13)22-14-9-8-12-16-10(14)4-3-5-11(16)17(20)23-18(12)21/h1-9H,19H2. The highest BCUT2D eigenvalue weighted by molar-refractivity contribution is 6.21. The highest BCUT2D eigenvalue weighted by Crippen LogP contribution is 2.37. The van der Waals surface area contributed by atoms with Crippen molar-refractivity contribution in [3.05, 3.63) is 65.7 Å². The van der Waals surface area contributed by atoms with E-state index in [0.29, 0.717) is 39.1 Å². The van der Waals surface area contributed by atoms with Gasteiger partial charge in [0.1, 0.15) is 11.5 Å². The Labute approximate surface area is 131 Å². The number of cyclic esters (lactones) is 2. The van der Waals surface area contributed by atoms with E-state index in [9.17, 15) is 9.59 Å². The largest absolute Gasteiger partial charge is 0.455 e. The molecule has 0 amide bonds. The molecule has 0 saturated heterocycles. The molecule has 3 aromatic rings. The van der Waals surface area contributed by atoms with Gasteiger partial charge in [0.25, 0.3) is 0 Å². The van der Waals surface area contributed by atoms with Crippen molar-refractivity contribution in [2.45, 2.75) is 0 Å². The number of nitrogen functional groups attached to an aromatic ring is 1. The highest BCUT2D eigenvalue weighted by atomic mass is 16.6. The maximum atomic E-state index is 11.9. The number of ether oxygens (including phenoxy) is 2. The van der Waals surface area contributed by atoms with E-state index in [-0.39, 0.29) is 0 Å². The maximum absolute atomic E-state index is 11.9. The lowest BCUT2D eigenvalue weighted by atomic mass is 9.96. The van der Waals surface area contributed by atoms with Crippen LogP contribution in [0.3, 0.4) is 0 Å². The molecule has 5 nitrogen and oxygen atoms in total. The second-order valence-corrected chi connectivity index (χ2v) is 5.16. The van der Waals surface area contributed by atoms with Crippen LogP contribution in [0.15, 0.2) is 54.6 Å². The lowest BCUT2D eigenvalue weighted by molar-refractivity contribution is 0.0391. The number of nitrogens with two attached hydrogens (primary N) is 1. The summed E-state index contributed by atoms with van der Waals surface area (Å²) in [5.41, 5.74) is 7.10. The Morgan fingerprint density at radius 1 is 0.783 bits per heavy atom. The van der Waals surface area contributed by atoms with Gasteiger partial charge in [0.05, 0.1) is 16.8 Å². The van der Waals surface area contributed by atoms with E-state index >= 15 is 0 Å². The van der Waals surface area contributed by atoms with Crippen LogP contribution in [0.25, 0.3) is 10.8 Å². The third kappa shape index (κ3) is 2.02. The number of benzene rings is 3. The van der Waals surface area contributed by atoms with Crippen molar-refractivity contribution in [1.82, 2.24) is 0 Å². The van der Waals surface area contributed by atoms with Crippen LogP contribution in [0, 0.1) is 0 Å². The van der Waals surface area contributed by atoms with Gasteiger partial charge in [0.2, 0.25) is 0 Å². The third-order valence-corrected chi connectivity index (χ3v) is 3.76. The number of hydrogen-bond donors (Lipinski definition) is 1. The van der Waals surface area contributed by atoms with Crippen molar-refractivity contribution in [1.29, 1.82) is 0 Å². The van der Waals surface area contributed by atoms with Gasteiger partial charge in [0.15, 0.2) is 0 Å². The average molecular weight is 305 g/mol. The normalized spacial score (nSPS) is 13.0. The molecule has 112 valence electrons. The van der Waals surface area contributed by atoms with Crippen molar-refractivity contribution >= 4 is 28.4 Å². The number of carbonyl (C=O) groups is 2. The second-order valence-electron chi connectivity index (χ2n) is 5.16. The van der Waals surface area contributed by atoms with Crippen molar-refractivity contribution in [3.8, 4) is 11.5 Å². The summed E-state index contributed by atoms with van der Waals surface area (Å²) in [6, 6.07) is 15.5. The molecule has 0 fully saturated rings. The Morgan fingerprint density at radius 3 is 2.30 bits per heavy atom. The van der Waals surface area contributed by atoms with Gasteiger partial charge < -0.3 is 15.2 Å². The van der Waals surface area contributed by atoms with Crippen molar-refractivity contribution in [2.24, 2.45) is 0 Å². The fraction of sp³-hybridized carbons (Fsp3) is 0. The number of carbonyl (C=O) groups excluding carboxylic acids is 2. The SMILES string of the molecule is Nc1ccccc1Oc1ccc2c3c(cccc13)C(=O)OC2=O. The first kappa shape index (κ1) is 13.3. The summed E-state index contributed by atoms with van der Waals surface area (Å²) in [6.07, 6.45) is 0. The molecule has 4 rings (SSSR count). The number of para-hydroxylation sites is 2. The zero-order valence-electron chi connectivity index (χ0n) is 11.9. The molecule has 3 aromatic carbocycles. The van der Waals surface area contributed by atoms with Crippen molar-refractivity contribution in [2.75, 3.05) is 5.73 Å². The summed E-state index contributed by atoms with van der Waals surface area (Å²) < 4.78 is 10.6. The van der Waals surface area contributed by atoms with Crippen LogP contribution in [-0.2, 0) is 4.74 Å². The van der Waals surface area contributed by atoms with E-state index in [1.165, 1.54) is 0 Å². The molecule has 1 aliphatic heterocycles. The first-order chi connectivity index (χ1) is 11.1. The monoisotopic (exact) mass is 305 g/mol. The molecular formula is C18H11NO4. The van der Waals surface area contributed by atoms with E-state index < -0.39 is 11.9 Å². The van der Waals surface area contributed by atoms with Crippen LogP contribution in [0.1, 0.15) is 20.7 Å². The minimum atomic E-state index is -0.649. The zero-order valence-corrected chi connectivity index (χ0v) is 11.9. The molecule has 0 atom stereocenters. The Hall–Kier alpha value is -3.34. The molecule has 0 radical (unpaired) electrons. The quantitative estimate of drug-likeness (QED) is 0.445. The summed E-state index contributed by atoms with van der Waals surface area (Å²) in [5.74, 6) is -0.266. The van der Waals surface area contributed by atoms with Crippen LogP contribution < -0.4 is 10.5 Å². The van der Waals surface area contributed by atoms with Crippen LogP contribution in [0.2, 0.25) is 0 Å². The summed E-state index contributed by atoms with van der Waals surface area (Å²) in [7, 11) is 0. The van der Waals surface area contributed by atoms with Crippen LogP contribution >= 0.6 is 0 Å². The lowest BCUT2D eigenvalue weighted by Crippen LogP contribution is -2.19. The van der Waals surface area contributed by atoms with Crippen LogP contribution in [0.4, 0.5) is 5.69 Å². The molecular weight excluding hydrogens is 294 g/mol. The van der Waals surface area contributed by atoms with E-state index in [1.807, 2.05) is 12.1 Å². The predicted octanol–water partition coefficient (Wildman–Crippen LogP) is 3.52. The summed E-state index contributed by atoms with van der Waals surface area (Å²) in [4.78, 5) is 23.8. The number of hydrogen-bond acceptors (Lipinski definition) is 5. The molecule has 0 aliphatic carbocycles. The van der Waals surface area contributed by atoms with E-state index in [0.717, 1.165) is 0 Å².